The Kier molecular flexibility index (Phi) is 5.28. The summed E-state index contributed by atoms with van der Waals surface area (Å²) in [6, 6.07) is 8.94. The SMILES string of the molecule is Cc1ccoc1C(=O)Nc1cccc(CNC(=O)OC(C)(C)C)c1. The number of carbonyl (C=O) groups is 2. The van der Waals surface area contributed by atoms with Crippen molar-refractivity contribution in [2.24, 2.45) is 0 Å². The summed E-state index contributed by atoms with van der Waals surface area (Å²) in [5.41, 5.74) is 1.70. The summed E-state index contributed by atoms with van der Waals surface area (Å²) in [5, 5.41) is 5.46. The number of ether oxygens (including phenoxy) is 1. The molecule has 2 N–H and O–H groups in total. The molecular formula is C18H22N2O4. The van der Waals surface area contributed by atoms with Crippen molar-refractivity contribution in [3.8, 4) is 0 Å². The molecule has 6 nitrogen and oxygen atoms in total. The minimum absolute atomic E-state index is 0.285. The molecule has 2 aromatic rings. The highest BCUT2D eigenvalue weighted by molar-refractivity contribution is 6.03. The number of rotatable bonds is 4. The summed E-state index contributed by atoms with van der Waals surface area (Å²) in [6.45, 7) is 7.52. The van der Waals surface area contributed by atoms with Gasteiger partial charge in [-0.1, -0.05) is 12.1 Å². The fraction of sp³-hybridized carbons (Fsp3) is 0.333. The number of amides is 2. The highest BCUT2D eigenvalue weighted by Gasteiger charge is 2.16. The highest BCUT2D eigenvalue weighted by atomic mass is 16.6. The zero-order valence-electron chi connectivity index (χ0n) is 14.3. The maximum Gasteiger partial charge on any atom is 0.407 e. The summed E-state index contributed by atoms with van der Waals surface area (Å²) < 4.78 is 10.4. The largest absolute Gasteiger partial charge is 0.459 e. The molecule has 0 spiro atoms. The minimum atomic E-state index is -0.541. The van der Waals surface area contributed by atoms with Crippen LogP contribution in [0.5, 0.6) is 0 Å². The van der Waals surface area contributed by atoms with Gasteiger partial charge in [0.2, 0.25) is 0 Å². The Morgan fingerprint density at radius 3 is 2.58 bits per heavy atom. The zero-order valence-corrected chi connectivity index (χ0v) is 14.3. The first kappa shape index (κ1) is 17.6. The van der Waals surface area contributed by atoms with Crippen LogP contribution < -0.4 is 10.6 Å². The molecule has 24 heavy (non-hydrogen) atoms. The molecule has 0 aliphatic rings. The molecule has 0 unspecified atom stereocenters. The van der Waals surface area contributed by atoms with Crippen LogP contribution in [-0.2, 0) is 11.3 Å². The topological polar surface area (TPSA) is 80.6 Å². The van der Waals surface area contributed by atoms with Gasteiger partial charge < -0.3 is 19.8 Å². The fourth-order valence-corrected chi connectivity index (χ4v) is 2.04. The molecule has 2 rings (SSSR count). The molecule has 0 aliphatic carbocycles. The lowest BCUT2D eigenvalue weighted by molar-refractivity contribution is 0.0523. The van der Waals surface area contributed by atoms with E-state index in [1.165, 1.54) is 6.26 Å². The lowest BCUT2D eigenvalue weighted by Gasteiger charge is -2.19. The van der Waals surface area contributed by atoms with E-state index in [1.54, 1.807) is 52.0 Å². The van der Waals surface area contributed by atoms with Crippen LogP contribution in [0.1, 0.15) is 42.5 Å². The Morgan fingerprint density at radius 1 is 1.21 bits per heavy atom. The Balaban J connectivity index is 1.95. The average Bonchev–Trinajstić information content (AvgIpc) is 2.90. The van der Waals surface area contributed by atoms with Gasteiger partial charge in [0, 0.05) is 17.8 Å². The van der Waals surface area contributed by atoms with Crippen molar-refractivity contribution in [3.63, 3.8) is 0 Å². The summed E-state index contributed by atoms with van der Waals surface area (Å²) in [4.78, 5) is 23.8. The molecule has 0 aliphatic heterocycles. The van der Waals surface area contributed by atoms with Gasteiger partial charge in [-0.3, -0.25) is 4.79 Å². The zero-order chi connectivity index (χ0) is 17.7. The van der Waals surface area contributed by atoms with Gasteiger partial charge in [-0.2, -0.15) is 0 Å². The number of nitrogens with one attached hydrogen (secondary N) is 2. The van der Waals surface area contributed by atoms with Crippen molar-refractivity contribution in [2.45, 2.75) is 39.8 Å². The number of carbonyl (C=O) groups excluding carboxylic acids is 2. The van der Waals surface area contributed by atoms with Gasteiger partial charge in [-0.15, -0.1) is 0 Å². The number of alkyl carbamates (subject to hydrolysis) is 1. The molecule has 0 bridgehead atoms. The van der Waals surface area contributed by atoms with Gasteiger partial charge in [0.15, 0.2) is 5.76 Å². The molecular weight excluding hydrogens is 308 g/mol. The lowest BCUT2D eigenvalue weighted by Crippen LogP contribution is -2.32. The van der Waals surface area contributed by atoms with E-state index >= 15 is 0 Å². The van der Waals surface area contributed by atoms with Crippen LogP contribution in [0.25, 0.3) is 0 Å². The predicted molar refractivity (Wildman–Crippen MR) is 90.9 cm³/mol. The Labute approximate surface area is 141 Å². The van der Waals surface area contributed by atoms with E-state index in [4.69, 9.17) is 9.15 Å². The maximum absolute atomic E-state index is 12.1. The smallest absolute Gasteiger partial charge is 0.407 e. The van der Waals surface area contributed by atoms with E-state index in [2.05, 4.69) is 10.6 Å². The van der Waals surface area contributed by atoms with E-state index in [-0.39, 0.29) is 11.7 Å². The van der Waals surface area contributed by atoms with E-state index in [0.29, 0.717) is 12.2 Å². The molecule has 1 aromatic carbocycles. The van der Waals surface area contributed by atoms with Gasteiger partial charge >= 0.3 is 6.09 Å². The number of hydrogen-bond donors (Lipinski definition) is 2. The third-order valence-electron chi connectivity index (χ3n) is 3.09. The van der Waals surface area contributed by atoms with Gasteiger partial charge in [0.25, 0.3) is 5.91 Å². The molecule has 0 atom stereocenters. The van der Waals surface area contributed by atoms with Crippen LogP contribution in [0.3, 0.4) is 0 Å². The third kappa shape index (κ3) is 5.15. The first-order valence-corrected chi connectivity index (χ1v) is 7.66. The van der Waals surface area contributed by atoms with E-state index < -0.39 is 11.7 Å². The summed E-state index contributed by atoms with van der Waals surface area (Å²) in [6.07, 6.45) is 0.994. The molecule has 0 radical (unpaired) electrons. The molecule has 0 saturated carbocycles. The molecule has 0 saturated heterocycles. The van der Waals surface area contributed by atoms with Crippen molar-refractivity contribution in [2.75, 3.05) is 5.32 Å². The Morgan fingerprint density at radius 2 is 1.96 bits per heavy atom. The molecule has 2 amide bonds. The molecule has 6 heteroatoms. The third-order valence-corrected chi connectivity index (χ3v) is 3.09. The Bertz CT molecular complexity index is 729. The van der Waals surface area contributed by atoms with Crippen LogP contribution in [0, 0.1) is 6.92 Å². The number of aryl methyl sites for hydroxylation is 1. The van der Waals surface area contributed by atoms with Crippen LogP contribution in [-0.4, -0.2) is 17.6 Å². The molecule has 0 fully saturated rings. The molecule has 128 valence electrons. The summed E-state index contributed by atoms with van der Waals surface area (Å²) in [7, 11) is 0. The van der Waals surface area contributed by atoms with Gasteiger partial charge in [0.05, 0.1) is 6.26 Å². The molecule has 1 aromatic heterocycles. The van der Waals surface area contributed by atoms with Gasteiger partial charge in [-0.05, 0) is 51.5 Å². The second kappa shape index (κ2) is 7.21. The van der Waals surface area contributed by atoms with Gasteiger partial charge in [-0.25, -0.2) is 4.79 Å². The Hall–Kier alpha value is -2.76. The number of anilines is 1. The molecule has 1 heterocycles. The first-order chi connectivity index (χ1) is 11.2. The van der Waals surface area contributed by atoms with E-state index in [1.807, 2.05) is 6.07 Å². The van der Waals surface area contributed by atoms with Crippen LogP contribution in [0.15, 0.2) is 41.0 Å². The highest BCUT2D eigenvalue weighted by Crippen LogP contribution is 2.15. The van der Waals surface area contributed by atoms with Gasteiger partial charge in [0.1, 0.15) is 5.60 Å². The second-order valence-corrected chi connectivity index (χ2v) is 6.44. The maximum atomic E-state index is 12.1. The van der Waals surface area contributed by atoms with Crippen LogP contribution >= 0.6 is 0 Å². The van der Waals surface area contributed by atoms with E-state index in [9.17, 15) is 9.59 Å². The quantitative estimate of drug-likeness (QED) is 0.892. The van der Waals surface area contributed by atoms with Crippen molar-refractivity contribution >= 4 is 17.7 Å². The summed E-state index contributed by atoms with van der Waals surface area (Å²) in [5.74, 6) is -0.0259. The first-order valence-electron chi connectivity index (χ1n) is 7.66. The number of hydrogen-bond acceptors (Lipinski definition) is 4. The number of furan rings is 1. The lowest BCUT2D eigenvalue weighted by atomic mass is 10.2. The fourth-order valence-electron chi connectivity index (χ4n) is 2.04. The van der Waals surface area contributed by atoms with E-state index in [0.717, 1.165) is 11.1 Å². The minimum Gasteiger partial charge on any atom is -0.459 e. The second-order valence-electron chi connectivity index (χ2n) is 6.44. The van der Waals surface area contributed by atoms with Crippen molar-refractivity contribution in [1.29, 1.82) is 0 Å². The van der Waals surface area contributed by atoms with Crippen molar-refractivity contribution in [1.82, 2.24) is 5.32 Å². The monoisotopic (exact) mass is 330 g/mol. The normalized spacial score (nSPS) is 11.0. The summed E-state index contributed by atoms with van der Waals surface area (Å²) >= 11 is 0. The number of benzene rings is 1. The van der Waals surface area contributed by atoms with Crippen molar-refractivity contribution < 1.29 is 18.7 Å². The average molecular weight is 330 g/mol. The van der Waals surface area contributed by atoms with Crippen LogP contribution in [0.4, 0.5) is 10.5 Å². The van der Waals surface area contributed by atoms with Crippen LogP contribution in [0.2, 0.25) is 0 Å². The van der Waals surface area contributed by atoms with Crippen molar-refractivity contribution in [3.05, 3.63) is 53.5 Å². The predicted octanol–water partition coefficient (Wildman–Crippen LogP) is 3.87. The standard InChI is InChI=1S/C18H22N2O4/c1-12-8-9-23-15(12)16(21)20-14-7-5-6-13(10-14)11-19-17(22)24-18(2,3)4/h5-10H,11H2,1-4H3,(H,19,22)(H,20,21).